The van der Waals surface area contributed by atoms with E-state index in [1.54, 1.807) is 6.07 Å². The van der Waals surface area contributed by atoms with E-state index >= 15 is 0 Å². The summed E-state index contributed by atoms with van der Waals surface area (Å²) < 4.78 is 13.6. The van der Waals surface area contributed by atoms with E-state index in [2.05, 4.69) is 21.2 Å². The summed E-state index contributed by atoms with van der Waals surface area (Å²) in [5.74, 6) is -0.969. The van der Waals surface area contributed by atoms with Gasteiger partial charge in [0.25, 0.3) is 0 Å². The first-order chi connectivity index (χ1) is 7.41. The summed E-state index contributed by atoms with van der Waals surface area (Å²) in [6.45, 7) is 2.00. The Hall–Kier alpha value is -1.14. The van der Waals surface area contributed by atoms with Gasteiger partial charge in [-0.2, -0.15) is 0 Å². The van der Waals surface area contributed by atoms with E-state index in [4.69, 9.17) is 11.5 Å². The first kappa shape index (κ1) is 12.9. The molecule has 0 saturated carbocycles. The molecular formula is C10H13BrFN3O. The molecule has 0 fully saturated rings. The lowest BCUT2D eigenvalue weighted by molar-refractivity contribution is -0.118. The van der Waals surface area contributed by atoms with Crippen molar-refractivity contribution in [2.75, 3.05) is 11.9 Å². The van der Waals surface area contributed by atoms with E-state index in [1.165, 1.54) is 6.07 Å². The number of nitrogens with two attached hydrogens (primary N) is 2. The highest BCUT2D eigenvalue weighted by Crippen LogP contribution is 2.23. The number of hydrogen-bond donors (Lipinski definition) is 3. The molecule has 0 spiro atoms. The fourth-order valence-electron chi connectivity index (χ4n) is 1.16. The molecule has 0 aromatic heterocycles. The molecule has 1 aromatic carbocycles. The molecule has 0 saturated heterocycles. The number of benzene rings is 1. The topological polar surface area (TPSA) is 81.1 Å². The standard InChI is InChI=1S/C10H13BrFN3O/c1-5-2-6(11)7(12)3-9(5)15-4-8(13)10(14)16/h2-3,8,15H,4,13H2,1H3,(H2,14,16). The Balaban J connectivity index is 2.74. The minimum Gasteiger partial charge on any atom is -0.383 e. The van der Waals surface area contributed by atoms with Crippen molar-refractivity contribution in [1.29, 1.82) is 0 Å². The molecule has 88 valence electrons. The Labute approximate surface area is 101 Å². The molecule has 4 nitrogen and oxygen atoms in total. The molecule has 1 aromatic rings. The van der Waals surface area contributed by atoms with Gasteiger partial charge in [0, 0.05) is 12.2 Å². The Bertz CT molecular complexity index is 411. The minimum absolute atomic E-state index is 0.178. The summed E-state index contributed by atoms with van der Waals surface area (Å²) in [7, 11) is 0. The number of hydrogen-bond acceptors (Lipinski definition) is 3. The minimum atomic E-state index is -0.786. The number of nitrogens with one attached hydrogen (secondary N) is 1. The third kappa shape index (κ3) is 3.18. The van der Waals surface area contributed by atoms with Crippen molar-refractivity contribution >= 4 is 27.5 Å². The summed E-state index contributed by atoms with van der Waals surface area (Å²) in [6.07, 6.45) is 0. The van der Waals surface area contributed by atoms with Gasteiger partial charge in [-0.1, -0.05) is 0 Å². The van der Waals surface area contributed by atoms with Crippen LogP contribution in [0.25, 0.3) is 0 Å². The van der Waals surface area contributed by atoms with Gasteiger partial charge in [-0.3, -0.25) is 4.79 Å². The number of carbonyl (C=O) groups excluding carboxylic acids is 1. The van der Waals surface area contributed by atoms with E-state index in [9.17, 15) is 9.18 Å². The Morgan fingerprint density at radius 1 is 1.62 bits per heavy atom. The SMILES string of the molecule is Cc1cc(Br)c(F)cc1NCC(N)C(N)=O. The second-order valence-corrected chi connectivity index (χ2v) is 4.33. The molecule has 0 bridgehead atoms. The average molecular weight is 290 g/mol. The molecule has 1 amide bonds. The molecule has 0 heterocycles. The van der Waals surface area contributed by atoms with Crippen molar-refractivity contribution in [2.24, 2.45) is 11.5 Å². The quantitative estimate of drug-likeness (QED) is 0.777. The molecule has 1 unspecified atom stereocenters. The van der Waals surface area contributed by atoms with Crippen LogP contribution in [0.2, 0.25) is 0 Å². The van der Waals surface area contributed by atoms with Crippen LogP contribution in [0.4, 0.5) is 10.1 Å². The maximum atomic E-state index is 13.2. The van der Waals surface area contributed by atoms with Gasteiger partial charge in [-0.25, -0.2) is 4.39 Å². The van der Waals surface area contributed by atoms with Crippen molar-refractivity contribution in [3.05, 3.63) is 28.0 Å². The fourth-order valence-corrected chi connectivity index (χ4v) is 1.62. The van der Waals surface area contributed by atoms with Gasteiger partial charge in [0.1, 0.15) is 11.9 Å². The predicted octanol–water partition coefficient (Wildman–Crippen LogP) is 1.12. The van der Waals surface area contributed by atoms with Gasteiger partial charge in [-0.15, -0.1) is 0 Å². The van der Waals surface area contributed by atoms with Crippen LogP contribution in [0, 0.1) is 12.7 Å². The summed E-state index contributed by atoms with van der Waals surface area (Å²) in [6, 6.07) is 2.20. The number of aryl methyl sites for hydroxylation is 1. The third-order valence-electron chi connectivity index (χ3n) is 2.15. The van der Waals surface area contributed by atoms with Crippen molar-refractivity contribution in [3.63, 3.8) is 0 Å². The molecule has 6 heteroatoms. The zero-order valence-electron chi connectivity index (χ0n) is 8.76. The number of carbonyl (C=O) groups is 1. The Morgan fingerprint density at radius 3 is 2.81 bits per heavy atom. The maximum absolute atomic E-state index is 13.2. The maximum Gasteiger partial charge on any atom is 0.236 e. The van der Waals surface area contributed by atoms with E-state index < -0.39 is 11.9 Å². The summed E-state index contributed by atoms with van der Waals surface area (Å²) >= 11 is 3.08. The number of rotatable bonds is 4. The summed E-state index contributed by atoms with van der Waals surface area (Å²) in [5, 5.41) is 2.88. The molecular weight excluding hydrogens is 277 g/mol. The number of anilines is 1. The number of halogens is 2. The van der Waals surface area contributed by atoms with Crippen molar-refractivity contribution < 1.29 is 9.18 Å². The number of amides is 1. The number of primary amides is 1. The molecule has 16 heavy (non-hydrogen) atoms. The van der Waals surface area contributed by atoms with Crippen molar-refractivity contribution in [3.8, 4) is 0 Å². The fraction of sp³-hybridized carbons (Fsp3) is 0.300. The van der Waals surface area contributed by atoms with Crippen LogP contribution < -0.4 is 16.8 Å². The van der Waals surface area contributed by atoms with Gasteiger partial charge in [0.05, 0.1) is 4.47 Å². The Morgan fingerprint density at radius 2 is 2.25 bits per heavy atom. The molecule has 0 aliphatic rings. The van der Waals surface area contributed by atoms with Crippen LogP contribution in [0.1, 0.15) is 5.56 Å². The highest BCUT2D eigenvalue weighted by atomic mass is 79.9. The van der Waals surface area contributed by atoms with E-state index in [0.717, 1.165) is 5.56 Å². The van der Waals surface area contributed by atoms with Crippen LogP contribution in [-0.2, 0) is 4.79 Å². The van der Waals surface area contributed by atoms with E-state index in [-0.39, 0.29) is 12.4 Å². The largest absolute Gasteiger partial charge is 0.383 e. The zero-order valence-corrected chi connectivity index (χ0v) is 10.3. The first-order valence-electron chi connectivity index (χ1n) is 4.66. The van der Waals surface area contributed by atoms with Crippen molar-refractivity contribution in [2.45, 2.75) is 13.0 Å². The van der Waals surface area contributed by atoms with Gasteiger partial charge in [-0.05, 0) is 40.5 Å². The van der Waals surface area contributed by atoms with Crippen LogP contribution in [0.3, 0.4) is 0 Å². The normalized spacial score (nSPS) is 12.2. The van der Waals surface area contributed by atoms with Crippen LogP contribution in [-0.4, -0.2) is 18.5 Å². The summed E-state index contributed by atoms with van der Waals surface area (Å²) in [4.78, 5) is 10.7. The monoisotopic (exact) mass is 289 g/mol. The van der Waals surface area contributed by atoms with Gasteiger partial charge in [0.15, 0.2) is 0 Å². The molecule has 5 N–H and O–H groups in total. The van der Waals surface area contributed by atoms with E-state index in [0.29, 0.717) is 10.2 Å². The highest BCUT2D eigenvalue weighted by Gasteiger charge is 2.10. The van der Waals surface area contributed by atoms with Gasteiger partial charge >= 0.3 is 0 Å². The Kier molecular flexibility index (Phi) is 4.26. The molecule has 0 aliphatic carbocycles. The molecule has 1 atom stereocenters. The van der Waals surface area contributed by atoms with E-state index in [1.807, 2.05) is 6.92 Å². The van der Waals surface area contributed by atoms with Crippen LogP contribution in [0.15, 0.2) is 16.6 Å². The lowest BCUT2D eigenvalue weighted by Gasteiger charge is -2.13. The second kappa shape index (κ2) is 5.27. The summed E-state index contributed by atoms with van der Waals surface area (Å²) in [5.41, 5.74) is 11.9. The average Bonchev–Trinajstić information content (AvgIpc) is 2.20. The predicted molar refractivity (Wildman–Crippen MR) is 64.5 cm³/mol. The zero-order chi connectivity index (χ0) is 12.3. The van der Waals surface area contributed by atoms with Crippen LogP contribution >= 0.6 is 15.9 Å². The molecule has 0 aliphatic heterocycles. The first-order valence-corrected chi connectivity index (χ1v) is 5.45. The highest BCUT2D eigenvalue weighted by molar-refractivity contribution is 9.10. The van der Waals surface area contributed by atoms with Crippen LogP contribution in [0.5, 0.6) is 0 Å². The lowest BCUT2D eigenvalue weighted by Crippen LogP contribution is -2.41. The second-order valence-electron chi connectivity index (χ2n) is 3.47. The van der Waals surface area contributed by atoms with Crippen molar-refractivity contribution in [1.82, 2.24) is 0 Å². The lowest BCUT2D eigenvalue weighted by atomic mass is 10.2. The molecule has 1 rings (SSSR count). The smallest absolute Gasteiger partial charge is 0.236 e. The van der Waals surface area contributed by atoms with Gasteiger partial charge in [0.2, 0.25) is 5.91 Å². The third-order valence-corrected chi connectivity index (χ3v) is 2.75. The molecule has 0 radical (unpaired) electrons. The van der Waals surface area contributed by atoms with Gasteiger partial charge < -0.3 is 16.8 Å².